The lowest BCUT2D eigenvalue weighted by Gasteiger charge is -2.26. The molecule has 1 aromatic heterocycles. The van der Waals surface area contributed by atoms with Crippen LogP contribution in [-0.2, 0) is 6.54 Å². The van der Waals surface area contributed by atoms with Crippen molar-refractivity contribution in [2.75, 3.05) is 0 Å². The van der Waals surface area contributed by atoms with E-state index in [2.05, 4.69) is 26.8 Å². The molecule has 1 saturated carbocycles. The first-order chi connectivity index (χ1) is 8.60. The number of hydrogen-bond donors (Lipinski definition) is 1. The number of thioether (sulfide) groups is 1. The Balaban J connectivity index is 2.17. The first-order valence-electron chi connectivity index (χ1n) is 6.94. The second kappa shape index (κ2) is 6.07. The minimum Gasteiger partial charge on any atom is -0.326 e. The van der Waals surface area contributed by atoms with Crippen molar-refractivity contribution in [3.63, 3.8) is 0 Å². The van der Waals surface area contributed by atoms with Crippen molar-refractivity contribution in [3.05, 3.63) is 22.9 Å². The molecule has 3 heteroatoms. The molecule has 100 valence electrons. The van der Waals surface area contributed by atoms with Gasteiger partial charge in [-0.25, -0.2) is 4.98 Å². The van der Waals surface area contributed by atoms with Crippen LogP contribution in [0.25, 0.3) is 0 Å². The first-order valence-corrected chi connectivity index (χ1v) is 7.82. The summed E-state index contributed by atoms with van der Waals surface area (Å²) in [5.74, 6) is 0.864. The van der Waals surface area contributed by atoms with Gasteiger partial charge in [0.25, 0.3) is 0 Å². The lowest BCUT2D eigenvalue weighted by atomic mass is 9.91. The molecule has 18 heavy (non-hydrogen) atoms. The molecule has 2 nitrogen and oxygen atoms in total. The van der Waals surface area contributed by atoms with E-state index in [4.69, 9.17) is 10.7 Å². The second-order valence-corrected chi connectivity index (χ2v) is 6.87. The molecule has 1 aliphatic rings. The standard InChI is InChI=1S/C15H24N2S/c1-10-5-4-6-13(7-10)18-15-14(9-16)11(2)8-12(3)17-15/h8,10,13H,4-7,9,16H2,1-3H3. The molecule has 2 atom stereocenters. The quantitative estimate of drug-likeness (QED) is 0.902. The Morgan fingerprint density at radius 1 is 1.39 bits per heavy atom. The van der Waals surface area contributed by atoms with Crippen LogP contribution in [0.5, 0.6) is 0 Å². The predicted octanol–water partition coefficient (Wildman–Crippen LogP) is 3.83. The summed E-state index contributed by atoms with van der Waals surface area (Å²) in [5, 5.41) is 1.90. The molecule has 0 aromatic carbocycles. The van der Waals surface area contributed by atoms with Gasteiger partial charge >= 0.3 is 0 Å². The van der Waals surface area contributed by atoms with Gasteiger partial charge in [-0.05, 0) is 44.2 Å². The Labute approximate surface area is 115 Å². The summed E-state index contributed by atoms with van der Waals surface area (Å²) in [6.07, 6.45) is 5.40. The number of pyridine rings is 1. The highest BCUT2D eigenvalue weighted by Crippen LogP contribution is 2.37. The zero-order chi connectivity index (χ0) is 13.1. The van der Waals surface area contributed by atoms with E-state index >= 15 is 0 Å². The topological polar surface area (TPSA) is 38.9 Å². The summed E-state index contributed by atoms with van der Waals surface area (Å²) in [6.45, 7) is 7.18. The smallest absolute Gasteiger partial charge is 0.101 e. The van der Waals surface area contributed by atoms with Crippen molar-refractivity contribution in [2.24, 2.45) is 11.7 Å². The molecular weight excluding hydrogens is 240 g/mol. The molecule has 2 rings (SSSR count). The van der Waals surface area contributed by atoms with Crippen LogP contribution in [0.2, 0.25) is 0 Å². The normalized spacial score (nSPS) is 24.2. The van der Waals surface area contributed by atoms with Gasteiger partial charge in [0.1, 0.15) is 5.03 Å². The molecule has 0 amide bonds. The fourth-order valence-electron chi connectivity index (χ4n) is 2.82. The van der Waals surface area contributed by atoms with Crippen molar-refractivity contribution in [1.29, 1.82) is 0 Å². The van der Waals surface area contributed by atoms with E-state index in [1.54, 1.807) is 0 Å². The summed E-state index contributed by atoms with van der Waals surface area (Å²) in [4.78, 5) is 4.71. The third kappa shape index (κ3) is 3.27. The maximum Gasteiger partial charge on any atom is 0.101 e. The zero-order valence-corrected chi connectivity index (χ0v) is 12.5. The van der Waals surface area contributed by atoms with E-state index in [1.807, 2.05) is 11.8 Å². The number of nitrogens with two attached hydrogens (primary N) is 1. The van der Waals surface area contributed by atoms with E-state index < -0.39 is 0 Å². The van der Waals surface area contributed by atoms with Crippen LogP contribution in [0, 0.1) is 19.8 Å². The van der Waals surface area contributed by atoms with Gasteiger partial charge in [-0.2, -0.15) is 0 Å². The summed E-state index contributed by atoms with van der Waals surface area (Å²) < 4.78 is 0. The molecular formula is C15H24N2S. The Kier molecular flexibility index (Phi) is 4.68. The van der Waals surface area contributed by atoms with Gasteiger partial charge < -0.3 is 5.73 Å². The lowest BCUT2D eigenvalue weighted by Crippen LogP contribution is -2.16. The SMILES string of the molecule is Cc1cc(C)c(CN)c(SC2CCCC(C)C2)n1. The van der Waals surface area contributed by atoms with E-state index in [-0.39, 0.29) is 0 Å². The highest BCUT2D eigenvalue weighted by Gasteiger charge is 2.21. The minimum absolute atomic E-state index is 0.601. The molecule has 1 aromatic rings. The molecule has 0 aliphatic heterocycles. The number of hydrogen-bond acceptors (Lipinski definition) is 3. The van der Waals surface area contributed by atoms with Crippen LogP contribution in [0.4, 0.5) is 0 Å². The van der Waals surface area contributed by atoms with Crippen LogP contribution in [-0.4, -0.2) is 10.2 Å². The fourth-order valence-corrected chi connectivity index (χ4v) is 4.43. The van der Waals surface area contributed by atoms with Gasteiger partial charge in [0, 0.05) is 23.1 Å². The number of rotatable bonds is 3. The van der Waals surface area contributed by atoms with Gasteiger partial charge in [0.05, 0.1) is 0 Å². The highest BCUT2D eigenvalue weighted by molar-refractivity contribution is 7.99. The third-order valence-corrected chi connectivity index (χ3v) is 5.13. The third-order valence-electron chi connectivity index (χ3n) is 3.81. The molecule has 2 unspecified atom stereocenters. The van der Waals surface area contributed by atoms with Crippen LogP contribution in [0.15, 0.2) is 11.1 Å². The van der Waals surface area contributed by atoms with Gasteiger partial charge in [-0.1, -0.05) is 19.8 Å². The molecule has 1 fully saturated rings. The van der Waals surface area contributed by atoms with E-state index in [0.717, 1.165) is 16.9 Å². The monoisotopic (exact) mass is 264 g/mol. The number of aromatic nitrogens is 1. The molecule has 1 aliphatic carbocycles. The minimum atomic E-state index is 0.601. The Morgan fingerprint density at radius 3 is 2.83 bits per heavy atom. The van der Waals surface area contributed by atoms with Crippen molar-refractivity contribution >= 4 is 11.8 Å². The summed E-state index contributed by atoms with van der Waals surface area (Å²) in [5.41, 5.74) is 9.52. The highest BCUT2D eigenvalue weighted by atomic mass is 32.2. The van der Waals surface area contributed by atoms with Crippen LogP contribution in [0.1, 0.15) is 49.4 Å². The zero-order valence-electron chi connectivity index (χ0n) is 11.7. The predicted molar refractivity (Wildman–Crippen MR) is 78.9 cm³/mol. The maximum atomic E-state index is 5.88. The molecule has 0 radical (unpaired) electrons. The average molecular weight is 264 g/mol. The van der Waals surface area contributed by atoms with E-state index in [1.165, 1.54) is 41.8 Å². The molecule has 2 N–H and O–H groups in total. The van der Waals surface area contributed by atoms with Gasteiger partial charge in [-0.3, -0.25) is 0 Å². The first kappa shape index (κ1) is 13.9. The Morgan fingerprint density at radius 2 is 2.17 bits per heavy atom. The largest absolute Gasteiger partial charge is 0.326 e. The van der Waals surface area contributed by atoms with Gasteiger partial charge in [0.15, 0.2) is 0 Å². The van der Waals surface area contributed by atoms with E-state index in [9.17, 15) is 0 Å². The molecule has 0 saturated heterocycles. The van der Waals surface area contributed by atoms with Crippen LogP contribution < -0.4 is 5.73 Å². The molecule has 0 bridgehead atoms. The van der Waals surface area contributed by atoms with Crippen molar-refractivity contribution in [2.45, 2.75) is 63.3 Å². The second-order valence-electron chi connectivity index (χ2n) is 5.58. The molecule has 1 heterocycles. The Bertz CT molecular complexity index is 417. The van der Waals surface area contributed by atoms with E-state index in [0.29, 0.717) is 6.54 Å². The lowest BCUT2D eigenvalue weighted by molar-refractivity contribution is 0.394. The maximum absolute atomic E-state index is 5.88. The van der Waals surface area contributed by atoms with Crippen LogP contribution in [0.3, 0.4) is 0 Å². The van der Waals surface area contributed by atoms with Crippen LogP contribution >= 0.6 is 11.8 Å². The summed E-state index contributed by atoms with van der Waals surface area (Å²) in [7, 11) is 0. The van der Waals surface area contributed by atoms with Crippen molar-refractivity contribution < 1.29 is 0 Å². The number of aryl methyl sites for hydroxylation is 2. The summed E-state index contributed by atoms with van der Waals surface area (Å²) >= 11 is 1.96. The summed E-state index contributed by atoms with van der Waals surface area (Å²) in [6, 6.07) is 2.13. The average Bonchev–Trinajstić information content (AvgIpc) is 2.28. The van der Waals surface area contributed by atoms with Crippen molar-refractivity contribution in [1.82, 2.24) is 4.98 Å². The van der Waals surface area contributed by atoms with Gasteiger partial charge in [0.2, 0.25) is 0 Å². The molecule has 0 spiro atoms. The van der Waals surface area contributed by atoms with Gasteiger partial charge in [-0.15, -0.1) is 11.8 Å². The fraction of sp³-hybridized carbons (Fsp3) is 0.667. The Hall–Kier alpha value is -0.540. The van der Waals surface area contributed by atoms with Crippen molar-refractivity contribution in [3.8, 4) is 0 Å². The number of nitrogens with zero attached hydrogens (tertiary/aromatic N) is 1.